The summed E-state index contributed by atoms with van der Waals surface area (Å²) in [5.74, 6) is 0. The fourth-order valence-corrected chi connectivity index (χ4v) is 2.13. The number of anilines is 1. The van der Waals surface area contributed by atoms with E-state index in [2.05, 4.69) is 16.3 Å². The van der Waals surface area contributed by atoms with E-state index in [9.17, 15) is 0 Å². The number of rotatable bonds is 3. The molecule has 0 unspecified atom stereocenters. The van der Waals surface area contributed by atoms with Crippen LogP contribution in [-0.2, 0) is 12.8 Å². The fraction of sp³-hybridized carbons (Fsp3) is 0.200. The molecular formula is C10H10ClN3S. The van der Waals surface area contributed by atoms with Crippen molar-refractivity contribution in [2.45, 2.75) is 12.8 Å². The lowest BCUT2D eigenvalue weighted by atomic mass is 10.1. The third-order valence-corrected chi connectivity index (χ3v) is 3.05. The second-order valence-corrected chi connectivity index (χ2v) is 4.69. The van der Waals surface area contributed by atoms with Crippen LogP contribution in [0.1, 0.15) is 10.6 Å². The van der Waals surface area contributed by atoms with E-state index in [4.69, 9.17) is 17.3 Å². The monoisotopic (exact) mass is 239 g/mol. The van der Waals surface area contributed by atoms with E-state index in [1.807, 2.05) is 18.2 Å². The van der Waals surface area contributed by atoms with Crippen molar-refractivity contribution >= 4 is 28.1 Å². The Hall–Kier alpha value is -1.13. The van der Waals surface area contributed by atoms with Gasteiger partial charge in [0.25, 0.3) is 0 Å². The van der Waals surface area contributed by atoms with Crippen LogP contribution in [0.3, 0.4) is 0 Å². The molecule has 0 fully saturated rings. The van der Waals surface area contributed by atoms with Crippen molar-refractivity contribution < 1.29 is 0 Å². The second kappa shape index (κ2) is 4.59. The molecule has 0 saturated heterocycles. The summed E-state index contributed by atoms with van der Waals surface area (Å²) in [5.41, 5.74) is 6.70. The predicted octanol–water partition coefficient (Wildman–Crippen LogP) is 2.56. The first-order valence-electron chi connectivity index (χ1n) is 4.56. The highest BCUT2D eigenvalue weighted by Crippen LogP contribution is 2.16. The maximum absolute atomic E-state index is 5.89. The topological polar surface area (TPSA) is 51.8 Å². The summed E-state index contributed by atoms with van der Waals surface area (Å²) in [4.78, 5) is 0. The van der Waals surface area contributed by atoms with E-state index in [1.165, 1.54) is 16.9 Å². The summed E-state index contributed by atoms with van der Waals surface area (Å²) in [6, 6.07) is 7.84. The Morgan fingerprint density at radius 1 is 1.27 bits per heavy atom. The van der Waals surface area contributed by atoms with Gasteiger partial charge in [0.2, 0.25) is 5.13 Å². The van der Waals surface area contributed by atoms with Crippen molar-refractivity contribution in [3.05, 3.63) is 39.9 Å². The quantitative estimate of drug-likeness (QED) is 0.896. The zero-order chi connectivity index (χ0) is 10.7. The molecule has 0 saturated carbocycles. The van der Waals surface area contributed by atoms with Gasteiger partial charge in [0.15, 0.2) is 0 Å². The number of hydrogen-bond acceptors (Lipinski definition) is 4. The number of aryl methyl sites for hydroxylation is 2. The van der Waals surface area contributed by atoms with Gasteiger partial charge in [-0.3, -0.25) is 0 Å². The molecule has 1 aromatic carbocycles. The van der Waals surface area contributed by atoms with E-state index >= 15 is 0 Å². The number of nitrogens with zero attached hydrogens (tertiary/aromatic N) is 2. The van der Waals surface area contributed by atoms with Gasteiger partial charge in [-0.25, -0.2) is 0 Å². The minimum Gasteiger partial charge on any atom is -0.374 e. The molecule has 2 rings (SSSR count). The molecule has 0 spiro atoms. The minimum atomic E-state index is 0.524. The van der Waals surface area contributed by atoms with Gasteiger partial charge in [0.05, 0.1) is 0 Å². The lowest BCUT2D eigenvalue weighted by Gasteiger charge is -1.98. The van der Waals surface area contributed by atoms with Gasteiger partial charge in [-0.15, -0.1) is 10.2 Å². The highest BCUT2D eigenvalue weighted by molar-refractivity contribution is 7.15. The SMILES string of the molecule is Nc1nnc(CCc2cccc(Cl)c2)s1. The van der Waals surface area contributed by atoms with Crippen LogP contribution < -0.4 is 5.73 Å². The number of benzene rings is 1. The summed E-state index contributed by atoms with van der Waals surface area (Å²) < 4.78 is 0. The molecular weight excluding hydrogens is 230 g/mol. The summed E-state index contributed by atoms with van der Waals surface area (Å²) in [6.45, 7) is 0. The zero-order valence-electron chi connectivity index (χ0n) is 7.98. The second-order valence-electron chi connectivity index (χ2n) is 3.16. The van der Waals surface area contributed by atoms with Gasteiger partial charge >= 0.3 is 0 Å². The third kappa shape index (κ3) is 2.91. The van der Waals surface area contributed by atoms with E-state index in [0.717, 1.165) is 22.9 Å². The van der Waals surface area contributed by atoms with Gasteiger partial charge in [-0.05, 0) is 24.1 Å². The van der Waals surface area contributed by atoms with Crippen molar-refractivity contribution in [3.8, 4) is 0 Å². The standard InChI is InChI=1S/C10H10ClN3S/c11-8-3-1-2-7(6-8)4-5-9-13-14-10(12)15-9/h1-3,6H,4-5H2,(H2,12,14). The molecule has 0 radical (unpaired) electrons. The Morgan fingerprint density at radius 2 is 2.13 bits per heavy atom. The number of nitrogen functional groups attached to an aromatic ring is 1. The van der Waals surface area contributed by atoms with Gasteiger partial charge in [-0.1, -0.05) is 35.1 Å². The normalized spacial score (nSPS) is 10.5. The summed E-state index contributed by atoms with van der Waals surface area (Å²) in [5, 5.41) is 9.99. The molecule has 15 heavy (non-hydrogen) atoms. The maximum atomic E-state index is 5.89. The molecule has 2 aromatic rings. The summed E-state index contributed by atoms with van der Waals surface area (Å²) in [7, 11) is 0. The van der Waals surface area contributed by atoms with Crippen LogP contribution >= 0.6 is 22.9 Å². The first-order valence-corrected chi connectivity index (χ1v) is 5.76. The average Bonchev–Trinajstić information content (AvgIpc) is 2.62. The minimum absolute atomic E-state index is 0.524. The average molecular weight is 240 g/mol. The smallest absolute Gasteiger partial charge is 0.203 e. The van der Waals surface area contributed by atoms with Crippen LogP contribution in [-0.4, -0.2) is 10.2 Å². The third-order valence-electron chi connectivity index (χ3n) is 2.00. The van der Waals surface area contributed by atoms with E-state index in [-0.39, 0.29) is 0 Å². The molecule has 0 bridgehead atoms. The molecule has 0 aliphatic heterocycles. The first kappa shape index (κ1) is 10.4. The zero-order valence-corrected chi connectivity index (χ0v) is 9.55. The van der Waals surface area contributed by atoms with E-state index in [0.29, 0.717) is 5.13 Å². The highest BCUT2D eigenvalue weighted by atomic mass is 35.5. The molecule has 1 heterocycles. The molecule has 2 N–H and O–H groups in total. The Balaban J connectivity index is 1.99. The number of aromatic nitrogens is 2. The Labute approximate surface area is 96.9 Å². The molecule has 5 heteroatoms. The van der Waals surface area contributed by atoms with Gasteiger partial charge < -0.3 is 5.73 Å². The van der Waals surface area contributed by atoms with Crippen molar-refractivity contribution in [2.75, 3.05) is 5.73 Å². The van der Waals surface area contributed by atoms with Crippen molar-refractivity contribution in [3.63, 3.8) is 0 Å². The van der Waals surface area contributed by atoms with Gasteiger partial charge in [-0.2, -0.15) is 0 Å². The number of halogens is 1. The predicted molar refractivity (Wildman–Crippen MR) is 63.2 cm³/mol. The van der Waals surface area contributed by atoms with Crippen LogP contribution in [0.25, 0.3) is 0 Å². The Bertz CT molecular complexity index is 455. The highest BCUT2D eigenvalue weighted by Gasteiger charge is 2.01. The molecule has 0 aliphatic rings. The molecule has 0 amide bonds. The van der Waals surface area contributed by atoms with Crippen LogP contribution in [0, 0.1) is 0 Å². The van der Waals surface area contributed by atoms with Gasteiger partial charge in [0, 0.05) is 11.4 Å². The van der Waals surface area contributed by atoms with Crippen molar-refractivity contribution in [1.82, 2.24) is 10.2 Å². The van der Waals surface area contributed by atoms with Crippen LogP contribution in [0.15, 0.2) is 24.3 Å². The first-order chi connectivity index (χ1) is 7.24. The van der Waals surface area contributed by atoms with E-state index in [1.54, 1.807) is 0 Å². The van der Waals surface area contributed by atoms with Crippen LogP contribution in [0.5, 0.6) is 0 Å². The largest absolute Gasteiger partial charge is 0.374 e. The van der Waals surface area contributed by atoms with Crippen LogP contribution in [0.2, 0.25) is 5.02 Å². The fourth-order valence-electron chi connectivity index (χ4n) is 1.31. The molecule has 1 aromatic heterocycles. The lowest BCUT2D eigenvalue weighted by molar-refractivity contribution is 0.906. The summed E-state index contributed by atoms with van der Waals surface area (Å²) >= 11 is 7.32. The van der Waals surface area contributed by atoms with Crippen LogP contribution in [0.4, 0.5) is 5.13 Å². The maximum Gasteiger partial charge on any atom is 0.203 e. The number of nitrogens with two attached hydrogens (primary N) is 1. The lowest BCUT2D eigenvalue weighted by Crippen LogP contribution is -1.90. The number of hydrogen-bond donors (Lipinski definition) is 1. The molecule has 78 valence electrons. The molecule has 0 aliphatic carbocycles. The molecule has 0 atom stereocenters. The Morgan fingerprint density at radius 3 is 2.80 bits per heavy atom. The van der Waals surface area contributed by atoms with E-state index < -0.39 is 0 Å². The summed E-state index contributed by atoms with van der Waals surface area (Å²) in [6.07, 6.45) is 1.77. The van der Waals surface area contributed by atoms with Crippen molar-refractivity contribution in [2.24, 2.45) is 0 Å². The van der Waals surface area contributed by atoms with Gasteiger partial charge in [0.1, 0.15) is 5.01 Å². The van der Waals surface area contributed by atoms with Crippen molar-refractivity contribution in [1.29, 1.82) is 0 Å². The Kier molecular flexibility index (Phi) is 3.18. The molecule has 3 nitrogen and oxygen atoms in total.